The minimum atomic E-state index is -2.46. The Morgan fingerprint density at radius 1 is 0.680 bits per heavy atom. The third-order valence-corrected chi connectivity index (χ3v) is 8.90. The van der Waals surface area contributed by atoms with Gasteiger partial charge in [-0.2, -0.15) is 0 Å². The van der Waals surface area contributed by atoms with E-state index < -0.39 is 20.6 Å². The van der Waals surface area contributed by atoms with Crippen molar-refractivity contribution in [1.29, 1.82) is 0 Å². The molecule has 25 heavy (non-hydrogen) atoms. The maximum absolute atomic E-state index is 6.51. The molecule has 2 rings (SSSR count). The second-order valence-corrected chi connectivity index (χ2v) is 11.1. The molecule has 0 fully saturated rings. The molecule has 0 unspecified atom stereocenters. The zero-order valence-electron chi connectivity index (χ0n) is 15.9. The summed E-state index contributed by atoms with van der Waals surface area (Å²) in [5, 5.41) is 0. The molecule has 0 bridgehead atoms. The van der Waals surface area contributed by atoms with Gasteiger partial charge < -0.3 is 0 Å². The summed E-state index contributed by atoms with van der Waals surface area (Å²) < 4.78 is 14.1. The SMILES string of the molecule is CCC[CH2][Sn]([O]c1ccccc1CCC)[O]c1ccccc1CCC. The third-order valence-electron chi connectivity index (χ3n) is 4.17. The van der Waals surface area contributed by atoms with E-state index in [1.807, 2.05) is 0 Å². The molecular weight excluding hydrogens is 415 g/mol. The van der Waals surface area contributed by atoms with Crippen LogP contribution in [0.15, 0.2) is 48.5 Å². The van der Waals surface area contributed by atoms with E-state index >= 15 is 0 Å². The van der Waals surface area contributed by atoms with Crippen LogP contribution in [-0.2, 0) is 12.8 Å². The summed E-state index contributed by atoms with van der Waals surface area (Å²) >= 11 is -2.46. The number of hydrogen-bond acceptors (Lipinski definition) is 2. The van der Waals surface area contributed by atoms with Crippen LogP contribution in [-0.4, -0.2) is 20.6 Å². The van der Waals surface area contributed by atoms with Gasteiger partial charge in [-0.05, 0) is 0 Å². The molecule has 0 aromatic heterocycles. The van der Waals surface area contributed by atoms with Gasteiger partial charge in [-0.1, -0.05) is 0 Å². The summed E-state index contributed by atoms with van der Waals surface area (Å²) in [4.78, 5) is 0. The van der Waals surface area contributed by atoms with Crippen molar-refractivity contribution in [3.05, 3.63) is 59.7 Å². The van der Waals surface area contributed by atoms with Gasteiger partial charge in [0.2, 0.25) is 0 Å². The fourth-order valence-electron chi connectivity index (χ4n) is 2.85. The molecule has 0 saturated carbocycles. The number of hydrogen-bond donors (Lipinski definition) is 0. The summed E-state index contributed by atoms with van der Waals surface area (Å²) in [5.41, 5.74) is 2.62. The molecular formula is C22H31O2Sn. The Bertz CT molecular complexity index is 575. The van der Waals surface area contributed by atoms with Gasteiger partial charge in [0.25, 0.3) is 0 Å². The second kappa shape index (κ2) is 11.5. The van der Waals surface area contributed by atoms with E-state index in [2.05, 4.69) is 69.3 Å². The second-order valence-electron chi connectivity index (χ2n) is 6.40. The number of para-hydroxylation sites is 2. The Labute approximate surface area is 161 Å². The Morgan fingerprint density at radius 2 is 1.16 bits per heavy atom. The van der Waals surface area contributed by atoms with E-state index in [1.165, 1.54) is 24.0 Å². The summed E-state index contributed by atoms with van der Waals surface area (Å²) in [5.74, 6) is 2.09. The van der Waals surface area contributed by atoms with Crippen LogP contribution in [0.1, 0.15) is 57.6 Å². The van der Waals surface area contributed by atoms with Gasteiger partial charge in [-0.25, -0.2) is 0 Å². The summed E-state index contributed by atoms with van der Waals surface area (Å²) in [6, 6.07) is 16.9. The Kier molecular flexibility index (Phi) is 9.23. The molecule has 0 aliphatic carbocycles. The van der Waals surface area contributed by atoms with E-state index in [9.17, 15) is 0 Å². The molecule has 2 nitrogen and oxygen atoms in total. The van der Waals surface area contributed by atoms with Gasteiger partial charge in [0, 0.05) is 0 Å². The molecule has 0 amide bonds. The van der Waals surface area contributed by atoms with Crippen molar-refractivity contribution in [2.75, 3.05) is 0 Å². The van der Waals surface area contributed by atoms with Gasteiger partial charge >= 0.3 is 162 Å². The van der Waals surface area contributed by atoms with Crippen molar-refractivity contribution in [3.63, 3.8) is 0 Å². The van der Waals surface area contributed by atoms with Crippen molar-refractivity contribution in [2.24, 2.45) is 0 Å². The topological polar surface area (TPSA) is 18.5 Å². The van der Waals surface area contributed by atoms with Crippen molar-refractivity contribution >= 4 is 20.6 Å². The zero-order chi connectivity index (χ0) is 17.9. The van der Waals surface area contributed by atoms with E-state index in [0.717, 1.165) is 41.6 Å². The molecule has 3 heteroatoms. The first-order valence-corrected chi connectivity index (χ1v) is 14.0. The van der Waals surface area contributed by atoms with Gasteiger partial charge in [-0.15, -0.1) is 0 Å². The van der Waals surface area contributed by atoms with Gasteiger partial charge in [0.05, 0.1) is 0 Å². The number of rotatable bonds is 11. The Morgan fingerprint density at radius 3 is 1.60 bits per heavy atom. The first-order chi connectivity index (χ1) is 12.3. The van der Waals surface area contributed by atoms with E-state index in [1.54, 1.807) is 0 Å². The van der Waals surface area contributed by atoms with Crippen LogP contribution in [0.4, 0.5) is 0 Å². The quantitative estimate of drug-likeness (QED) is 0.376. The average Bonchev–Trinajstić information content (AvgIpc) is 2.63. The van der Waals surface area contributed by atoms with Crippen LogP contribution >= 0.6 is 0 Å². The number of aryl methyl sites for hydroxylation is 2. The molecule has 0 spiro atoms. The fourth-order valence-corrected chi connectivity index (χ4v) is 7.92. The first-order valence-electron chi connectivity index (χ1n) is 9.65. The van der Waals surface area contributed by atoms with Gasteiger partial charge in [0.15, 0.2) is 0 Å². The molecule has 0 saturated heterocycles. The van der Waals surface area contributed by atoms with Crippen LogP contribution in [0.3, 0.4) is 0 Å². The van der Waals surface area contributed by atoms with Crippen LogP contribution in [0, 0.1) is 0 Å². The fraction of sp³-hybridized carbons (Fsp3) is 0.455. The molecule has 2 aromatic rings. The van der Waals surface area contributed by atoms with E-state index in [-0.39, 0.29) is 0 Å². The van der Waals surface area contributed by atoms with Crippen LogP contribution < -0.4 is 6.15 Å². The van der Waals surface area contributed by atoms with Crippen molar-refractivity contribution in [3.8, 4) is 11.5 Å². The van der Waals surface area contributed by atoms with Crippen molar-refractivity contribution in [1.82, 2.24) is 0 Å². The number of unbranched alkanes of at least 4 members (excludes halogenated alkanes) is 1. The predicted molar refractivity (Wildman–Crippen MR) is 108 cm³/mol. The van der Waals surface area contributed by atoms with Gasteiger partial charge in [0.1, 0.15) is 0 Å². The van der Waals surface area contributed by atoms with Crippen molar-refractivity contribution in [2.45, 2.75) is 63.7 Å². The van der Waals surface area contributed by atoms with E-state index in [0.29, 0.717) is 0 Å². The molecule has 1 radical (unpaired) electrons. The number of benzene rings is 2. The predicted octanol–water partition coefficient (Wildman–Crippen LogP) is 6.34. The van der Waals surface area contributed by atoms with Crippen molar-refractivity contribution < 1.29 is 6.15 Å². The normalized spacial score (nSPS) is 10.9. The monoisotopic (exact) mass is 447 g/mol. The Hall–Kier alpha value is -1.16. The van der Waals surface area contributed by atoms with Gasteiger partial charge in [-0.3, -0.25) is 0 Å². The minimum absolute atomic E-state index is 1.04. The summed E-state index contributed by atoms with van der Waals surface area (Å²) in [6.45, 7) is 6.66. The molecule has 0 atom stereocenters. The molecule has 0 aliphatic heterocycles. The summed E-state index contributed by atoms with van der Waals surface area (Å²) in [6.07, 6.45) is 6.76. The summed E-state index contributed by atoms with van der Waals surface area (Å²) in [7, 11) is 0. The van der Waals surface area contributed by atoms with Crippen LogP contribution in [0.25, 0.3) is 0 Å². The molecule has 2 aromatic carbocycles. The molecule has 0 heterocycles. The molecule has 0 aliphatic rings. The van der Waals surface area contributed by atoms with E-state index in [4.69, 9.17) is 6.15 Å². The van der Waals surface area contributed by atoms with Crippen LogP contribution in [0.5, 0.6) is 11.5 Å². The Balaban J connectivity index is 2.16. The third kappa shape index (κ3) is 6.57. The maximum atomic E-state index is 6.51. The first kappa shape index (κ1) is 20.2. The average molecular weight is 446 g/mol. The molecule has 0 N–H and O–H groups in total. The zero-order valence-corrected chi connectivity index (χ0v) is 18.7. The standard InChI is InChI=1S/2C9H12O.C4H9.Sn/c2*1-2-5-8-6-3-4-7-9(8)10;1-3-4-2;/h2*3-4,6-7,10H,2,5H2,1H3;1,3-4H2,2H3;/q;;;+2/p-2. The molecule has 135 valence electrons. The van der Waals surface area contributed by atoms with Crippen LogP contribution in [0.2, 0.25) is 4.44 Å².